The minimum absolute atomic E-state index is 0.317. The molecule has 0 amide bonds. The van der Waals surface area contributed by atoms with Gasteiger partial charge in [0.2, 0.25) is 5.88 Å². The Morgan fingerprint density at radius 3 is 2.15 bits per heavy atom. The van der Waals surface area contributed by atoms with Crippen molar-refractivity contribution in [2.75, 3.05) is 0 Å². The second-order valence-electron chi connectivity index (χ2n) is 8.84. The van der Waals surface area contributed by atoms with Gasteiger partial charge in [0, 0.05) is 11.8 Å². The number of ether oxygens (including phenoxy) is 1. The average Bonchev–Trinajstić information content (AvgIpc) is 2.89. The molecular weight excluding hydrogens is 414 g/mol. The molecule has 0 aliphatic rings. The first kappa shape index (κ1) is 23.3. The predicted molar refractivity (Wildman–Crippen MR) is 141 cm³/mol. The predicted octanol–water partition coefficient (Wildman–Crippen LogP) is 8.02. The van der Waals surface area contributed by atoms with Crippen LogP contribution >= 0.6 is 0 Å². The molecule has 0 saturated heterocycles. The Kier molecular flexibility index (Phi) is 7.45. The van der Waals surface area contributed by atoms with E-state index in [-0.39, 0.29) is 5.41 Å². The molecule has 0 N–H and O–H groups in total. The highest BCUT2D eigenvalue weighted by Crippen LogP contribution is 2.31. The number of hydrogen-bond donors (Lipinski definition) is 0. The van der Waals surface area contributed by atoms with E-state index in [1.165, 1.54) is 22.3 Å². The van der Waals surface area contributed by atoms with Crippen LogP contribution in [0.15, 0.2) is 97.1 Å². The second-order valence-corrected chi connectivity index (χ2v) is 8.84. The van der Waals surface area contributed by atoms with Crippen LogP contribution in [0.25, 0.3) is 11.1 Å². The van der Waals surface area contributed by atoms with E-state index >= 15 is 0 Å². The van der Waals surface area contributed by atoms with E-state index in [1.807, 2.05) is 48.5 Å². The van der Waals surface area contributed by atoms with E-state index in [1.54, 1.807) is 0 Å². The lowest BCUT2D eigenvalue weighted by Gasteiger charge is -2.24. The number of rotatable bonds is 9. The second kappa shape index (κ2) is 10.9. The molecular formula is C32H31NO. The molecule has 2 heteroatoms. The largest absolute Gasteiger partial charge is 0.439 e. The molecule has 1 aromatic heterocycles. The lowest BCUT2D eigenvalue weighted by molar-refractivity contribution is 0.459. The summed E-state index contributed by atoms with van der Waals surface area (Å²) in [5.41, 5.74) is 5.67. The monoisotopic (exact) mass is 445 g/mol. The molecule has 1 unspecified atom stereocenters. The van der Waals surface area contributed by atoms with Gasteiger partial charge in [0.05, 0.1) is 5.41 Å². The van der Waals surface area contributed by atoms with Crippen LogP contribution in [0.1, 0.15) is 43.5 Å². The maximum atomic E-state index is 6.02. The summed E-state index contributed by atoms with van der Waals surface area (Å²) in [7, 11) is 0. The Morgan fingerprint density at radius 1 is 0.824 bits per heavy atom. The Balaban J connectivity index is 1.38. The fraction of sp³-hybridized carbons (Fsp3) is 0.219. The number of aromatic nitrogens is 1. The SMILES string of the molecule is C#CC(C)(CCCc1cccc(Oc2ccccc2)n1)c1ccc(-c2ccc(CC)cc2)cc1. The van der Waals surface area contributed by atoms with Gasteiger partial charge in [0.15, 0.2) is 0 Å². The van der Waals surface area contributed by atoms with Crippen LogP contribution in [0.4, 0.5) is 0 Å². The molecule has 2 nitrogen and oxygen atoms in total. The fourth-order valence-corrected chi connectivity index (χ4v) is 4.15. The van der Waals surface area contributed by atoms with Gasteiger partial charge in [-0.3, -0.25) is 0 Å². The summed E-state index contributed by atoms with van der Waals surface area (Å²) in [6.07, 6.45) is 9.77. The van der Waals surface area contributed by atoms with Crippen molar-refractivity contribution < 1.29 is 4.74 Å². The Hall–Kier alpha value is -3.83. The third-order valence-electron chi connectivity index (χ3n) is 6.39. The first-order valence-corrected chi connectivity index (χ1v) is 12.0. The van der Waals surface area contributed by atoms with Crippen LogP contribution in [0.5, 0.6) is 11.6 Å². The van der Waals surface area contributed by atoms with Gasteiger partial charge < -0.3 is 4.74 Å². The van der Waals surface area contributed by atoms with Gasteiger partial charge in [0.1, 0.15) is 5.75 Å². The van der Waals surface area contributed by atoms with E-state index < -0.39 is 0 Å². The van der Waals surface area contributed by atoms with Gasteiger partial charge in [-0.05, 0) is 73.1 Å². The molecule has 4 aromatic rings. The summed E-state index contributed by atoms with van der Waals surface area (Å²) in [5, 5.41) is 0. The normalized spacial score (nSPS) is 12.5. The van der Waals surface area contributed by atoms with Crippen molar-refractivity contribution in [1.29, 1.82) is 0 Å². The van der Waals surface area contributed by atoms with Crippen molar-refractivity contribution in [1.82, 2.24) is 4.98 Å². The van der Waals surface area contributed by atoms with Gasteiger partial charge in [-0.1, -0.05) is 85.6 Å². The molecule has 0 spiro atoms. The topological polar surface area (TPSA) is 22.1 Å². The number of aryl methyl sites for hydroxylation is 2. The summed E-state index contributed by atoms with van der Waals surface area (Å²) in [6, 6.07) is 33.1. The Bertz CT molecular complexity index is 1240. The van der Waals surface area contributed by atoms with E-state index in [9.17, 15) is 0 Å². The van der Waals surface area contributed by atoms with Gasteiger partial charge in [-0.15, -0.1) is 6.42 Å². The fourth-order valence-electron chi connectivity index (χ4n) is 4.15. The van der Waals surface area contributed by atoms with E-state index in [4.69, 9.17) is 11.2 Å². The molecule has 0 bridgehead atoms. The number of terminal acetylenes is 1. The van der Waals surface area contributed by atoms with Gasteiger partial charge in [-0.2, -0.15) is 0 Å². The lowest BCUT2D eigenvalue weighted by atomic mass is 9.78. The van der Waals surface area contributed by atoms with Crippen molar-refractivity contribution in [3.8, 4) is 35.1 Å². The van der Waals surface area contributed by atoms with E-state index in [0.29, 0.717) is 5.88 Å². The molecule has 4 rings (SSSR count). The highest BCUT2D eigenvalue weighted by atomic mass is 16.5. The van der Waals surface area contributed by atoms with Crippen LogP contribution in [-0.4, -0.2) is 4.98 Å². The van der Waals surface area contributed by atoms with Crippen LogP contribution in [0.3, 0.4) is 0 Å². The maximum absolute atomic E-state index is 6.02. The molecule has 0 aliphatic heterocycles. The van der Waals surface area contributed by atoms with Crippen LogP contribution in [0, 0.1) is 12.3 Å². The smallest absolute Gasteiger partial charge is 0.219 e. The number of benzene rings is 3. The third-order valence-corrected chi connectivity index (χ3v) is 6.39. The highest BCUT2D eigenvalue weighted by molar-refractivity contribution is 5.64. The number of pyridine rings is 1. The molecule has 1 heterocycles. The zero-order chi connectivity index (χ0) is 23.8. The number of hydrogen-bond acceptors (Lipinski definition) is 2. The Labute approximate surface area is 203 Å². The Morgan fingerprint density at radius 2 is 1.50 bits per heavy atom. The molecule has 0 saturated carbocycles. The van der Waals surface area contributed by atoms with Crippen molar-refractivity contribution in [3.63, 3.8) is 0 Å². The molecule has 1 atom stereocenters. The van der Waals surface area contributed by atoms with Crippen LogP contribution in [-0.2, 0) is 18.3 Å². The van der Waals surface area contributed by atoms with Gasteiger partial charge >= 0.3 is 0 Å². The van der Waals surface area contributed by atoms with Gasteiger partial charge in [0.25, 0.3) is 0 Å². The number of para-hydroxylation sites is 1. The standard InChI is InChI=1S/C32H31NO/c1-4-25-16-18-26(19-17-25)27-20-22-28(23-21-27)32(3,5-2)24-10-12-29-11-9-15-31(33-29)34-30-13-7-6-8-14-30/h2,6-9,11,13-23H,4,10,12,24H2,1,3H3. The first-order valence-electron chi connectivity index (χ1n) is 12.0. The summed E-state index contributed by atoms with van der Waals surface area (Å²) in [6.45, 7) is 4.33. The molecule has 0 fully saturated rings. The van der Waals surface area contributed by atoms with Crippen LogP contribution < -0.4 is 4.74 Å². The summed E-state index contributed by atoms with van der Waals surface area (Å²) >= 11 is 0. The lowest BCUT2D eigenvalue weighted by Crippen LogP contribution is -2.19. The molecule has 0 aliphatic carbocycles. The van der Waals surface area contributed by atoms with Crippen molar-refractivity contribution >= 4 is 0 Å². The molecule has 34 heavy (non-hydrogen) atoms. The third kappa shape index (κ3) is 5.74. The van der Waals surface area contributed by atoms with Gasteiger partial charge in [-0.25, -0.2) is 4.98 Å². The quantitative estimate of drug-likeness (QED) is 0.243. The van der Waals surface area contributed by atoms with Crippen molar-refractivity contribution in [2.24, 2.45) is 0 Å². The summed E-state index contributed by atoms with van der Waals surface area (Å²) in [4.78, 5) is 4.67. The minimum atomic E-state index is -0.317. The van der Waals surface area contributed by atoms with E-state index in [2.05, 4.69) is 73.3 Å². The molecule has 170 valence electrons. The van der Waals surface area contributed by atoms with E-state index in [0.717, 1.165) is 37.1 Å². The average molecular weight is 446 g/mol. The van der Waals surface area contributed by atoms with Crippen molar-refractivity contribution in [2.45, 2.75) is 44.9 Å². The zero-order valence-electron chi connectivity index (χ0n) is 20.0. The summed E-state index contributed by atoms with van der Waals surface area (Å²) < 4.78 is 5.87. The molecule has 3 aromatic carbocycles. The van der Waals surface area contributed by atoms with Crippen molar-refractivity contribution in [3.05, 3.63) is 114 Å². The molecule has 0 radical (unpaired) electrons. The zero-order valence-corrected chi connectivity index (χ0v) is 20.0. The first-order chi connectivity index (χ1) is 16.6. The highest BCUT2D eigenvalue weighted by Gasteiger charge is 2.23. The number of nitrogens with zero attached hydrogens (tertiary/aromatic N) is 1. The van der Waals surface area contributed by atoms with Crippen LogP contribution in [0.2, 0.25) is 0 Å². The minimum Gasteiger partial charge on any atom is -0.439 e. The summed E-state index contributed by atoms with van der Waals surface area (Å²) in [5.74, 6) is 4.46. The maximum Gasteiger partial charge on any atom is 0.219 e.